The molecule has 0 radical (unpaired) electrons. The third kappa shape index (κ3) is 3.40. The van der Waals surface area contributed by atoms with Crippen LogP contribution in [-0.2, 0) is 19.6 Å². The number of nitrogens with zero attached hydrogens (tertiary/aromatic N) is 2. The van der Waals surface area contributed by atoms with Gasteiger partial charge in [-0.2, -0.15) is 4.31 Å². The molecule has 0 aromatic carbocycles. The predicted octanol–water partition coefficient (Wildman–Crippen LogP) is -1.05. The molecule has 0 unspecified atom stereocenters. The van der Waals surface area contributed by atoms with Gasteiger partial charge in [-0.1, -0.05) is 0 Å². The number of carbonyl (C=O) groups is 2. The van der Waals surface area contributed by atoms with E-state index >= 15 is 0 Å². The molecule has 1 fully saturated rings. The van der Waals surface area contributed by atoms with Crippen molar-refractivity contribution in [2.75, 3.05) is 26.4 Å². The zero-order chi connectivity index (χ0) is 13.2. The molecule has 1 rings (SSSR count). The smallest absolute Gasteiger partial charge is 0.323 e. The molecule has 1 aliphatic heterocycles. The first-order chi connectivity index (χ1) is 7.73. The van der Waals surface area contributed by atoms with Crippen molar-refractivity contribution >= 4 is 21.9 Å². The van der Waals surface area contributed by atoms with Crippen molar-refractivity contribution in [1.29, 1.82) is 0 Å². The van der Waals surface area contributed by atoms with Crippen LogP contribution in [0.5, 0.6) is 0 Å². The molecule has 1 atom stereocenters. The van der Waals surface area contributed by atoms with Gasteiger partial charge in [-0.25, -0.2) is 8.42 Å². The molecule has 0 saturated carbocycles. The number of rotatable bonds is 4. The molecular weight excluding hydrogens is 248 g/mol. The van der Waals surface area contributed by atoms with Gasteiger partial charge in [0.05, 0.1) is 6.26 Å². The Morgan fingerprint density at radius 1 is 1.47 bits per heavy atom. The molecule has 0 aliphatic carbocycles. The number of sulfonamides is 1. The van der Waals surface area contributed by atoms with Crippen molar-refractivity contribution < 1.29 is 23.1 Å². The minimum Gasteiger partial charge on any atom is -0.480 e. The quantitative estimate of drug-likeness (QED) is 0.699. The highest BCUT2D eigenvalue weighted by atomic mass is 32.2. The van der Waals surface area contributed by atoms with E-state index in [1.54, 1.807) is 0 Å². The molecule has 98 valence electrons. The van der Waals surface area contributed by atoms with Gasteiger partial charge in [0, 0.05) is 13.6 Å². The summed E-state index contributed by atoms with van der Waals surface area (Å²) in [7, 11) is -2.06. The van der Waals surface area contributed by atoms with E-state index in [1.807, 2.05) is 0 Å². The highest BCUT2D eigenvalue weighted by molar-refractivity contribution is 7.88. The fourth-order valence-corrected chi connectivity index (χ4v) is 3.04. The summed E-state index contributed by atoms with van der Waals surface area (Å²) in [6, 6.07) is -0.755. The maximum atomic E-state index is 11.9. The Hall–Kier alpha value is -1.15. The first-order valence-corrected chi connectivity index (χ1v) is 7.02. The second-order valence-corrected chi connectivity index (χ2v) is 6.05. The summed E-state index contributed by atoms with van der Waals surface area (Å²) in [5.74, 6) is -1.58. The number of amides is 1. The minimum atomic E-state index is -3.42. The first kappa shape index (κ1) is 13.9. The fourth-order valence-electron chi connectivity index (χ4n) is 1.92. The van der Waals surface area contributed by atoms with Crippen molar-refractivity contribution in [1.82, 2.24) is 9.21 Å². The minimum absolute atomic E-state index is 0.316. The van der Waals surface area contributed by atoms with E-state index in [-0.39, 0.29) is 0 Å². The summed E-state index contributed by atoms with van der Waals surface area (Å²) < 4.78 is 24.0. The Bertz CT molecular complexity index is 419. The van der Waals surface area contributed by atoms with Crippen LogP contribution in [0.2, 0.25) is 0 Å². The maximum Gasteiger partial charge on any atom is 0.323 e. The third-order valence-electron chi connectivity index (χ3n) is 2.66. The molecule has 8 heteroatoms. The number of carboxylic acid groups (broad SMARTS) is 1. The number of likely N-dealkylation sites (N-methyl/N-ethyl adjacent to an activating group) is 1. The van der Waals surface area contributed by atoms with Crippen LogP contribution in [-0.4, -0.2) is 67.0 Å². The summed E-state index contributed by atoms with van der Waals surface area (Å²) in [5, 5.41) is 8.58. The van der Waals surface area contributed by atoms with Crippen molar-refractivity contribution in [3.8, 4) is 0 Å². The molecule has 17 heavy (non-hydrogen) atoms. The molecule has 1 N–H and O–H groups in total. The van der Waals surface area contributed by atoms with Crippen LogP contribution in [0.25, 0.3) is 0 Å². The monoisotopic (exact) mass is 264 g/mol. The summed E-state index contributed by atoms with van der Waals surface area (Å²) in [4.78, 5) is 23.4. The molecule has 1 amide bonds. The van der Waals surface area contributed by atoms with Gasteiger partial charge in [-0.05, 0) is 12.8 Å². The van der Waals surface area contributed by atoms with Crippen LogP contribution >= 0.6 is 0 Å². The number of hydrogen-bond acceptors (Lipinski definition) is 4. The van der Waals surface area contributed by atoms with Crippen LogP contribution in [0.4, 0.5) is 0 Å². The van der Waals surface area contributed by atoms with Crippen LogP contribution in [0.3, 0.4) is 0 Å². The molecule has 0 bridgehead atoms. The lowest BCUT2D eigenvalue weighted by Gasteiger charge is -2.25. The summed E-state index contributed by atoms with van der Waals surface area (Å²) in [6.07, 6.45) is 2.11. The van der Waals surface area contributed by atoms with Gasteiger partial charge in [-0.3, -0.25) is 9.59 Å². The topological polar surface area (TPSA) is 95.0 Å². The van der Waals surface area contributed by atoms with Crippen molar-refractivity contribution in [2.45, 2.75) is 18.9 Å². The Kier molecular flexibility index (Phi) is 4.10. The zero-order valence-corrected chi connectivity index (χ0v) is 10.6. The van der Waals surface area contributed by atoms with Gasteiger partial charge in [0.15, 0.2) is 0 Å². The fraction of sp³-hybridized carbons (Fsp3) is 0.778. The number of carbonyl (C=O) groups excluding carboxylic acids is 1. The molecule has 1 heterocycles. The van der Waals surface area contributed by atoms with Gasteiger partial charge in [0.1, 0.15) is 12.6 Å². The van der Waals surface area contributed by atoms with Crippen molar-refractivity contribution in [3.63, 3.8) is 0 Å². The van der Waals surface area contributed by atoms with Gasteiger partial charge in [0.2, 0.25) is 15.9 Å². The van der Waals surface area contributed by atoms with E-state index in [9.17, 15) is 18.0 Å². The highest BCUT2D eigenvalue weighted by Gasteiger charge is 2.37. The molecule has 0 aromatic heterocycles. The lowest BCUT2D eigenvalue weighted by Crippen LogP contribution is -2.47. The van der Waals surface area contributed by atoms with Gasteiger partial charge >= 0.3 is 5.97 Å². The van der Waals surface area contributed by atoms with E-state index in [2.05, 4.69) is 0 Å². The van der Waals surface area contributed by atoms with Crippen molar-refractivity contribution in [3.05, 3.63) is 0 Å². The normalized spacial score (nSPS) is 21.4. The molecule has 7 nitrogen and oxygen atoms in total. The molecule has 0 spiro atoms. The van der Waals surface area contributed by atoms with E-state index in [1.165, 1.54) is 7.05 Å². The van der Waals surface area contributed by atoms with E-state index < -0.39 is 34.5 Å². The Balaban J connectivity index is 2.78. The van der Waals surface area contributed by atoms with Crippen LogP contribution in [0.1, 0.15) is 12.8 Å². The molecule has 1 aliphatic rings. The lowest BCUT2D eigenvalue weighted by atomic mass is 10.2. The lowest BCUT2D eigenvalue weighted by molar-refractivity contribution is -0.144. The average molecular weight is 264 g/mol. The second-order valence-electron chi connectivity index (χ2n) is 4.12. The Morgan fingerprint density at radius 3 is 2.53 bits per heavy atom. The second kappa shape index (κ2) is 5.01. The third-order valence-corrected chi connectivity index (χ3v) is 3.95. The van der Waals surface area contributed by atoms with E-state index in [0.29, 0.717) is 19.4 Å². The summed E-state index contributed by atoms with van der Waals surface area (Å²) in [5.41, 5.74) is 0. The predicted molar refractivity (Wildman–Crippen MR) is 59.8 cm³/mol. The van der Waals surface area contributed by atoms with Crippen molar-refractivity contribution in [2.24, 2.45) is 0 Å². The molecular formula is C9H16N2O5S. The van der Waals surface area contributed by atoms with Gasteiger partial charge in [0.25, 0.3) is 0 Å². The molecule has 0 aromatic rings. The maximum absolute atomic E-state index is 11.9. The SMILES string of the molecule is CN(CC(=O)O)C(=O)[C@H]1CCCN1S(C)(=O)=O. The summed E-state index contributed by atoms with van der Waals surface area (Å²) in [6.45, 7) is -0.108. The van der Waals surface area contributed by atoms with Gasteiger partial charge < -0.3 is 10.0 Å². The first-order valence-electron chi connectivity index (χ1n) is 5.17. The van der Waals surface area contributed by atoms with Crippen LogP contribution in [0, 0.1) is 0 Å². The van der Waals surface area contributed by atoms with Gasteiger partial charge in [-0.15, -0.1) is 0 Å². The Labute approximate surface area is 100 Å². The van der Waals surface area contributed by atoms with E-state index in [4.69, 9.17) is 5.11 Å². The van der Waals surface area contributed by atoms with Crippen LogP contribution < -0.4 is 0 Å². The Morgan fingerprint density at radius 2 is 2.06 bits per heavy atom. The number of hydrogen-bond donors (Lipinski definition) is 1. The van der Waals surface area contributed by atoms with Crippen LogP contribution in [0.15, 0.2) is 0 Å². The number of carboxylic acids is 1. The number of aliphatic carboxylic acids is 1. The zero-order valence-electron chi connectivity index (χ0n) is 9.79. The highest BCUT2D eigenvalue weighted by Crippen LogP contribution is 2.21. The standard InChI is InChI=1S/C9H16N2O5S/c1-10(6-8(12)13)9(14)7-4-3-5-11(7)17(2,15)16/h7H,3-6H2,1-2H3,(H,12,13)/t7-/m1/s1. The van der Waals surface area contributed by atoms with E-state index in [0.717, 1.165) is 15.5 Å². The largest absolute Gasteiger partial charge is 0.480 e. The summed E-state index contributed by atoms with van der Waals surface area (Å²) >= 11 is 0. The molecule has 1 saturated heterocycles. The average Bonchev–Trinajstić information content (AvgIpc) is 2.62.